The summed E-state index contributed by atoms with van der Waals surface area (Å²) in [5.41, 5.74) is 7.98. The lowest BCUT2D eigenvalue weighted by atomic mass is 9.99. The van der Waals surface area contributed by atoms with E-state index in [0.717, 1.165) is 30.0 Å². The minimum atomic E-state index is -4.52. The van der Waals surface area contributed by atoms with Gasteiger partial charge in [0, 0.05) is 52.6 Å². The Hall–Kier alpha value is -7.06. The van der Waals surface area contributed by atoms with E-state index in [-0.39, 0.29) is 29.0 Å². The predicted molar refractivity (Wildman–Crippen MR) is 195 cm³/mol. The molecule has 55 heavy (non-hydrogen) atoms. The fraction of sp³-hybridized carbons (Fsp3) is 0.122. The molecule has 0 atom stereocenters. The van der Waals surface area contributed by atoms with Gasteiger partial charge in [0.1, 0.15) is 0 Å². The van der Waals surface area contributed by atoms with Crippen LogP contribution in [0.2, 0.25) is 0 Å². The zero-order chi connectivity index (χ0) is 40.5. The SMILES string of the molecule is C#Cc1cccc(C(=O)Cc2cc(-n3cnc(C)c3)cc(C(F)(F)F)c2)c1.C#Cc1cccc(C(=O)O)c1.Cc1cn(-c2cc(N)cc(C(F)(F)F)c2)cn1. The van der Waals surface area contributed by atoms with E-state index in [9.17, 15) is 35.9 Å². The van der Waals surface area contributed by atoms with Gasteiger partial charge in [-0.25, -0.2) is 14.8 Å². The summed E-state index contributed by atoms with van der Waals surface area (Å²) >= 11 is 0. The number of nitrogen functional groups attached to an aromatic ring is 1. The molecule has 8 nitrogen and oxygen atoms in total. The van der Waals surface area contributed by atoms with Gasteiger partial charge in [0.05, 0.1) is 40.7 Å². The van der Waals surface area contributed by atoms with Gasteiger partial charge < -0.3 is 20.0 Å². The number of carbonyl (C=O) groups is 2. The molecule has 2 heterocycles. The van der Waals surface area contributed by atoms with Crippen molar-refractivity contribution in [2.24, 2.45) is 0 Å². The van der Waals surface area contributed by atoms with Gasteiger partial charge in [-0.3, -0.25) is 4.79 Å². The molecule has 6 rings (SSSR count). The number of hydrogen-bond donors (Lipinski definition) is 2. The second-order valence-electron chi connectivity index (χ2n) is 11.9. The number of imidazole rings is 2. The Balaban J connectivity index is 0.000000204. The summed E-state index contributed by atoms with van der Waals surface area (Å²) in [6.45, 7) is 3.50. The summed E-state index contributed by atoms with van der Waals surface area (Å²) in [6.07, 6.45) is 7.46. The molecule has 14 heteroatoms. The van der Waals surface area contributed by atoms with E-state index in [1.165, 1.54) is 40.0 Å². The maximum atomic E-state index is 13.3. The van der Waals surface area contributed by atoms with Gasteiger partial charge in [-0.15, -0.1) is 12.8 Å². The van der Waals surface area contributed by atoms with Crippen LogP contribution in [-0.2, 0) is 18.8 Å². The highest BCUT2D eigenvalue weighted by Gasteiger charge is 2.32. The van der Waals surface area contributed by atoms with Gasteiger partial charge in [-0.1, -0.05) is 30.0 Å². The molecule has 280 valence electrons. The average Bonchev–Trinajstić information content (AvgIpc) is 3.79. The third kappa shape index (κ3) is 11.5. The van der Waals surface area contributed by atoms with Crippen molar-refractivity contribution in [3.8, 4) is 36.1 Å². The zero-order valence-electron chi connectivity index (χ0n) is 29.2. The number of carboxylic acids is 1. The number of terminal acetylenes is 2. The van der Waals surface area contributed by atoms with Crippen molar-refractivity contribution in [3.63, 3.8) is 0 Å². The molecule has 0 bridgehead atoms. The summed E-state index contributed by atoms with van der Waals surface area (Å²) in [5.74, 6) is 3.53. The molecule has 4 aromatic carbocycles. The molecular formula is C41H31F6N5O3. The molecule has 0 saturated carbocycles. The lowest BCUT2D eigenvalue weighted by Crippen LogP contribution is -2.10. The third-order valence-corrected chi connectivity index (χ3v) is 7.58. The lowest BCUT2D eigenvalue weighted by molar-refractivity contribution is -0.138. The van der Waals surface area contributed by atoms with E-state index < -0.39 is 29.4 Å². The van der Waals surface area contributed by atoms with Gasteiger partial charge >= 0.3 is 18.3 Å². The topological polar surface area (TPSA) is 116 Å². The van der Waals surface area contributed by atoms with Gasteiger partial charge in [0.2, 0.25) is 0 Å². The number of hydrogen-bond acceptors (Lipinski definition) is 5. The number of aryl methyl sites for hydroxylation is 2. The molecule has 0 radical (unpaired) electrons. The van der Waals surface area contributed by atoms with Crippen molar-refractivity contribution in [2.45, 2.75) is 32.6 Å². The monoisotopic (exact) mass is 755 g/mol. The van der Waals surface area contributed by atoms with Gasteiger partial charge in [-0.05, 0) is 86.1 Å². The van der Waals surface area contributed by atoms with Crippen molar-refractivity contribution >= 4 is 17.4 Å². The van der Waals surface area contributed by atoms with E-state index in [2.05, 4.69) is 21.8 Å². The standard InChI is InChI=1S/C21H15F3N2O.C11H10F3N3.C9H6O2/c1-3-15-5-4-6-17(7-15)20(27)10-16-8-18(21(22,23)24)11-19(9-16)26-12-14(2)25-13-26;1-7-5-17(6-16-7)10-3-8(11(12,13)14)2-9(15)4-10;1-2-7-4-3-5-8(6-7)9(10)11/h1,4-9,11-13H,10H2,2H3;2-6H,15H2,1H3;1,3-6H,(H,10,11). The summed E-state index contributed by atoms with van der Waals surface area (Å²) in [7, 11) is 0. The molecule has 0 aliphatic carbocycles. The fourth-order valence-corrected chi connectivity index (χ4v) is 4.97. The minimum Gasteiger partial charge on any atom is -0.478 e. The van der Waals surface area contributed by atoms with Crippen LogP contribution >= 0.6 is 0 Å². The minimum absolute atomic E-state index is 0.0705. The molecule has 3 N–H and O–H groups in total. The first kappa shape index (κ1) is 40.7. The highest BCUT2D eigenvalue weighted by atomic mass is 19.4. The first-order valence-electron chi connectivity index (χ1n) is 16.0. The van der Waals surface area contributed by atoms with Gasteiger partial charge in [0.15, 0.2) is 5.78 Å². The Kier molecular flexibility index (Phi) is 12.7. The molecule has 0 spiro atoms. The molecule has 0 fully saturated rings. The molecule has 0 saturated heterocycles. The highest BCUT2D eigenvalue weighted by molar-refractivity contribution is 5.98. The fourth-order valence-electron chi connectivity index (χ4n) is 4.97. The van der Waals surface area contributed by atoms with Crippen LogP contribution in [0.15, 0.2) is 110 Å². The Labute approximate surface area is 311 Å². The zero-order valence-corrected chi connectivity index (χ0v) is 29.2. The molecule has 2 aromatic heterocycles. The second kappa shape index (κ2) is 17.2. The average molecular weight is 756 g/mol. The number of alkyl halides is 6. The Morgan fingerprint density at radius 2 is 1.18 bits per heavy atom. The van der Waals surface area contributed by atoms with E-state index in [1.54, 1.807) is 68.7 Å². The van der Waals surface area contributed by atoms with Crippen molar-refractivity contribution in [1.29, 1.82) is 0 Å². The summed E-state index contributed by atoms with van der Waals surface area (Å²) in [6, 6.07) is 19.8. The smallest absolute Gasteiger partial charge is 0.416 e. The third-order valence-electron chi connectivity index (χ3n) is 7.58. The van der Waals surface area contributed by atoms with Crippen LogP contribution in [0.25, 0.3) is 11.4 Å². The maximum absolute atomic E-state index is 13.3. The number of nitrogens with two attached hydrogens (primary N) is 1. The molecule has 0 unspecified atom stereocenters. The number of carboxylic acid groups (broad SMARTS) is 1. The molecule has 0 amide bonds. The van der Waals surface area contributed by atoms with Crippen LogP contribution in [0.5, 0.6) is 0 Å². The quantitative estimate of drug-likeness (QED) is 0.0761. The summed E-state index contributed by atoms with van der Waals surface area (Å²) in [5, 5.41) is 8.54. The lowest BCUT2D eigenvalue weighted by Gasteiger charge is -2.13. The molecular weight excluding hydrogens is 724 g/mol. The van der Waals surface area contributed by atoms with E-state index in [4.69, 9.17) is 23.7 Å². The van der Waals surface area contributed by atoms with Crippen LogP contribution in [0, 0.1) is 38.5 Å². The normalized spacial score (nSPS) is 10.9. The first-order valence-corrected chi connectivity index (χ1v) is 16.0. The van der Waals surface area contributed by atoms with E-state index in [0.29, 0.717) is 33.8 Å². The number of aromatic nitrogens is 4. The number of aromatic carboxylic acids is 1. The number of halogens is 6. The molecule has 0 aliphatic rings. The van der Waals surface area contributed by atoms with Crippen molar-refractivity contribution in [3.05, 3.63) is 160 Å². The number of nitrogens with zero attached hydrogens (tertiary/aromatic N) is 4. The number of anilines is 1. The second-order valence-corrected chi connectivity index (χ2v) is 11.9. The number of Topliss-reactive ketones (excluding diaryl/α,β-unsaturated/α-hetero) is 1. The largest absolute Gasteiger partial charge is 0.478 e. The van der Waals surface area contributed by atoms with Crippen molar-refractivity contribution < 1.29 is 41.0 Å². The van der Waals surface area contributed by atoms with Crippen LogP contribution in [0.1, 0.15) is 59.9 Å². The van der Waals surface area contributed by atoms with Crippen molar-refractivity contribution in [1.82, 2.24) is 19.1 Å². The number of benzene rings is 4. The predicted octanol–water partition coefficient (Wildman–Crippen LogP) is 8.75. The van der Waals surface area contributed by atoms with E-state index in [1.807, 2.05) is 0 Å². The van der Waals surface area contributed by atoms with Crippen LogP contribution < -0.4 is 5.73 Å². The Morgan fingerprint density at radius 3 is 1.64 bits per heavy atom. The van der Waals surface area contributed by atoms with E-state index >= 15 is 0 Å². The van der Waals surface area contributed by atoms with Gasteiger partial charge in [0.25, 0.3) is 0 Å². The number of ketones is 1. The summed E-state index contributed by atoms with van der Waals surface area (Å²) in [4.78, 5) is 30.9. The van der Waals surface area contributed by atoms with Crippen LogP contribution in [0.3, 0.4) is 0 Å². The molecule has 0 aliphatic heterocycles. The highest BCUT2D eigenvalue weighted by Crippen LogP contribution is 2.33. The van der Waals surface area contributed by atoms with Gasteiger partial charge in [-0.2, -0.15) is 26.3 Å². The first-order chi connectivity index (χ1) is 25.9. The molecule has 6 aromatic rings. The number of rotatable bonds is 6. The summed E-state index contributed by atoms with van der Waals surface area (Å²) < 4.78 is 80.7. The number of carbonyl (C=O) groups excluding carboxylic acids is 1. The maximum Gasteiger partial charge on any atom is 0.416 e. The van der Waals surface area contributed by atoms with Crippen LogP contribution in [-0.4, -0.2) is 36.0 Å². The Morgan fingerprint density at radius 1 is 0.709 bits per heavy atom. The van der Waals surface area contributed by atoms with Crippen molar-refractivity contribution in [2.75, 3.05) is 5.73 Å². The Bertz CT molecular complexity index is 2410. The van der Waals surface area contributed by atoms with Crippen LogP contribution in [0.4, 0.5) is 32.0 Å².